The van der Waals surface area contributed by atoms with Gasteiger partial charge in [-0.15, -0.1) is 0 Å². The van der Waals surface area contributed by atoms with Crippen LogP contribution in [0.2, 0.25) is 10.0 Å². The average Bonchev–Trinajstić information content (AvgIpc) is 3.15. The molecule has 1 amide bonds. The van der Waals surface area contributed by atoms with Crippen molar-refractivity contribution in [2.24, 2.45) is 0 Å². The first-order valence-electron chi connectivity index (χ1n) is 11.4. The number of hydrogen-bond acceptors (Lipinski definition) is 5. The van der Waals surface area contributed by atoms with Gasteiger partial charge in [0.05, 0.1) is 28.1 Å². The van der Waals surface area contributed by atoms with Crippen molar-refractivity contribution in [1.29, 1.82) is 0 Å². The summed E-state index contributed by atoms with van der Waals surface area (Å²) in [6.07, 6.45) is 1.28. The predicted octanol–water partition coefficient (Wildman–Crippen LogP) is 6.35. The second kappa shape index (κ2) is 10.2. The SMILES string of the molecule is CCc1nc(-c2ccc(Cl)cc2Cl)c(CC)nc1N[C@H]1c2ccccc2C[C@@H]1OC(=O)N(C)C. The Morgan fingerprint density at radius 3 is 2.50 bits per heavy atom. The van der Waals surface area contributed by atoms with E-state index in [1.807, 2.05) is 32.0 Å². The number of carbonyl (C=O) groups is 1. The summed E-state index contributed by atoms with van der Waals surface area (Å²) >= 11 is 12.6. The van der Waals surface area contributed by atoms with Crippen LogP contribution in [0.15, 0.2) is 42.5 Å². The standard InChI is InChI=1S/C26H28Cl2N4O2/c1-5-20-23(18-12-11-16(27)14-19(18)28)29-21(6-2)25(30-20)31-24-17-10-8-7-9-15(17)13-22(24)34-26(33)32(3)4/h7-12,14,22,24H,5-6,13H2,1-4H3,(H,30,31)/t22-,24-/m0/s1. The largest absolute Gasteiger partial charge is 0.443 e. The number of rotatable bonds is 6. The Hall–Kier alpha value is -2.83. The number of anilines is 1. The molecule has 0 spiro atoms. The summed E-state index contributed by atoms with van der Waals surface area (Å²) in [5.41, 5.74) is 5.47. The normalized spacial score (nSPS) is 16.8. The van der Waals surface area contributed by atoms with E-state index in [1.54, 1.807) is 26.2 Å². The summed E-state index contributed by atoms with van der Waals surface area (Å²) in [5.74, 6) is 0.695. The molecule has 8 heteroatoms. The van der Waals surface area contributed by atoms with Crippen molar-refractivity contribution in [2.75, 3.05) is 19.4 Å². The number of nitrogens with one attached hydrogen (secondary N) is 1. The molecule has 1 aromatic heterocycles. The monoisotopic (exact) mass is 498 g/mol. The minimum atomic E-state index is -0.367. The molecule has 2 aromatic carbocycles. The van der Waals surface area contributed by atoms with Gasteiger partial charge in [-0.3, -0.25) is 0 Å². The van der Waals surface area contributed by atoms with E-state index >= 15 is 0 Å². The second-order valence-electron chi connectivity index (χ2n) is 8.49. The van der Waals surface area contributed by atoms with Crippen LogP contribution in [0.25, 0.3) is 11.3 Å². The Bertz CT molecular complexity index is 1220. The van der Waals surface area contributed by atoms with Gasteiger partial charge in [0.1, 0.15) is 11.9 Å². The highest BCUT2D eigenvalue weighted by Gasteiger charge is 2.36. The Kier molecular flexibility index (Phi) is 7.29. The highest BCUT2D eigenvalue weighted by atomic mass is 35.5. The number of ether oxygens (including phenoxy) is 1. The molecule has 0 fully saturated rings. The van der Waals surface area contributed by atoms with Crippen molar-refractivity contribution < 1.29 is 9.53 Å². The molecule has 34 heavy (non-hydrogen) atoms. The average molecular weight is 499 g/mol. The summed E-state index contributed by atoms with van der Waals surface area (Å²) in [5, 5.41) is 4.68. The number of hydrogen-bond donors (Lipinski definition) is 1. The van der Waals surface area contributed by atoms with Gasteiger partial charge in [0.25, 0.3) is 0 Å². The van der Waals surface area contributed by atoms with Crippen molar-refractivity contribution in [3.8, 4) is 11.3 Å². The molecule has 0 bridgehead atoms. The van der Waals surface area contributed by atoms with Gasteiger partial charge in [-0.2, -0.15) is 0 Å². The number of nitrogens with zero attached hydrogens (tertiary/aromatic N) is 3. The van der Waals surface area contributed by atoms with Crippen molar-refractivity contribution in [1.82, 2.24) is 14.9 Å². The second-order valence-corrected chi connectivity index (χ2v) is 9.33. The highest BCUT2D eigenvalue weighted by Crippen LogP contribution is 2.38. The molecule has 178 valence electrons. The van der Waals surface area contributed by atoms with E-state index in [0.29, 0.717) is 35.1 Å². The maximum Gasteiger partial charge on any atom is 0.409 e. The van der Waals surface area contributed by atoms with Crippen LogP contribution in [0.5, 0.6) is 0 Å². The third-order valence-corrected chi connectivity index (χ3v) is 6.54. The van der Waals surface area contributed by atoms with E-state index in [1.165, 1.54) is 4.90 Å². The zero-order valence-electron chi connectivity index (χ0n) is 19.7. The molecule has 0 saturated carbocycles. The molecule has 4 rings (SSSR count). The fourth-order valence-electron chi connectivity index (χ4n) is 4.23. The molecule has 1 N–H and O–H groups in total. The lowest BCUT2D eigenvalue weighted by atomic mass is 10.1. The van der Waals surface area contributed by atoms with Gasteiger partial charge in [0, 0.05) is 31.1 Å². The molecule has 0 aliphatic heterocycles. The topological polar surface area (TPSA) is 67.4 Å². The van der Waals surface area contributed by atoms with Gasteiger partial charge in [-0.1, -0.05) is 61.3 Å². The van der Waals surface area contributed by atoms with Crippen molar-refractivity contribution in [2.45, 2.75) is 45.3 Å². The fourth-order valence-corrected chi connectivity index (χ4v) is 4.73. The molecule has 1 aliphatic rings. The van der Waals surface area contributed by atoms with Gasteiger partial charge in [0.15, 0.2) is 0 Å². The molecule has 0 radical (unpaired) electrons. The third-order valence-electron chi connectivity index (χ3n) is 5.99. The number of amides is 1. The lowest BCUT2D eigenvalue weighted by Gasteiger charge is -2.25. The number of benzene rings is 2. The molecular weight excluding hydrogens is 471 g/mol. The number of aryl methyl sites for hydroxylation is 2. The van der Waals surface area contributed by atoms with Crippen LogP contribution in [-0.4, -0.2) is 41.2 Å². The molecule has 6 nitrogen and oxygen atoms in total. The van der Waals surface area contributed by atoms with E-state index in [2.05, 4.69) is 17.4 Å². The first-order chi connectivity index (χ1) is 16.3. The van der Waals surface area contributed by atoms with Crippen molar-refractivity contribution >= 4 is 35.1 Å². The zero-order chi connectivity index (χ0) is 24.4. The Morgan fingerprint density at radius 1 is 1.09 bits per heavy atom. The zero-order valence-corrected chi connectivity index (χ0v) is 21.2. The first-order valence-corrected chi connectivity index (χ1v) is 12.1. The maximum absolute atomic E-state index is 12.4. The number of carbonyl (C=O) groups excluding carboxylic acids is 1. The molecular formula is C26H28Cl2N4O2. The molecule has 0 unspecified atom stereocenters. The Balaban J connectivity index is 1.74. The summed E-state index contributed by atoms with van der Waals surface area (Å²) in [4.78, 5) is 23.7. The lowest BCUT2D eigenvalue weighted by Crippen LogP contribution is -2.33. The van der Waals surface area contributed by atoms with Crippen molar-refractivity contribution in [3.05, 3.63) is 75.0 Å². The number of aromatic nitrogens is 2. The van der Waals surface area contributed by atoms with E-state index in [4.69, 9.17) is 37.9 Å². The van der Waals surface area contributed by atoms with Crippen LogP contribution in [0.3, 0.4) is 0 Å². The van der Waals surface area contributed by atoms with Gasteiger partial charge in [0.2, 0.25) is 0 Å². The molecule has 0 saturated heterocycles. The van der Waals surface area contributed by atoms with E-state index < -0.39 is 0 Å². The third kappa shape index (κ3) is 4.84. The number of halogens is 2. The van der Waals surface area contributed by atoms with Crippen LogP contribution < -0.4 is 5.32 Å². The summed E-state index contributed by atoms with van der Waals surface area (Å²) in [7, 11) is 3.36. The van der Waals surface area contributed by atoms with Gasteiger partial charge in [-0.05, 0) is 42.2 Å². The Labute approximate surface area is 210 Å². The Morgan fingerprint density at radius 2 is 1.82 bits per heavy atom. The minimum Gasteiger partial charge on any atom is -0.443 e. The fraction of sp³-hybridized carbons (Fsp3) is 0.346. The van der Waals surface area contributed by atoms with Crippen LogP contribution in [-0.2, 0) is 24.0 Å². The smallest absolute Gasteiger partial charge is 0.409 e. The molecule has 2 atom stereocenters. The van der Waals surface area contributed by atoms with E-state index in [0.717, 1.165) is 33.8 Å². The van der Waals surface area contributed by atoms with Gasteiger partial charge < -0.3 is 15.0 Å². The minimum absolute atomic E-state index is 0.227. The molecule has 1 aliphatic carbocycles. The van der Waals surface area contributed by atoms with Gasteiger partial charge in [-0.25, -0.2) is 14.8 Å². The van der Waals surface area contributed by atoms with E-state index in [9.17, 15) is 4.79 Å². The molecule has 1 heterocycles. The first kappa shape index (κ1) is 24.3. The van der Waals surface area contributed by atoms with Crippen LogP contribution in [0.4, 0.5) is 10.6 Å². The lowest BCUT2D eigenvalue weighted by molar-refractivity contribution is 0.0705. The van der Waals surface area contributed by atoms with Crippen LogP contribution in [0.1, 0.15) is 42.4 Å². The quantitative estimate of drug-likeness (QED) is 0.428. The van der Waals surface area contributed by atoms with Crippen LogP contribution in [0, 0.1) is 0 Å². The summed E-state index contributed by atoms with van der Waals surface area (Å²) < 4.78 is 5.84. The van der Waals surface area contributed by atoms with Crippen molar-refractivity contribution in [3.63, 3.8) is 0 Å². The summed E-state index contributed by atoms with van der Waals surface area (Å²) in [6, 6.07) is 13.3. The van der Waals surface area contributed by atoms with E-state index in [-0.39, 0.29) is 18.2 Å². The highest BCUT2D eigenvalue weighted by molar-refractivity contribution is 6.36. The summed E-state index contributed by atoms with van der Waals surface area (Å²) in [6.45, 7) is 4.08. The number of fused-ring (bicyclic) bond motifs is 1. The van der Waals surface area contributed by atoms with Crippen LogP contribution >= 0.6 is 23.2 Å². The van der Waals surface area contributed by atoms with Gasteiger partial charge >= 0.3 is 6.09 Å². The molecule has 3 aromatic rings. The maximum atomic E-state index is 12.4. The predicted molar refractivity (Wildman–Crippen MR) is 137 cm³/mol.